The fourth-order valence-corrected chi connectivity index (χ4v) is 1.68. The van der Waals surface area contributed by atoms with Crippen LogP contribution in [0.3, 0.4) is 0 Å². The predicted octanol–water partition coefficient (Wildman–Crippen LogP) is 1.64. The summed E-state index contributed by atoms with van der Waals surface area (Å²) in [6.07, 6.45) is 0.150. The SMILES string of the molecule is CC(O)CCNC(=O)Nc1cccc(CN(C)C)c1. The third kappa shape index (κ3) is 6.79. The summed E-state index contributed by atoms with van der Waals surface area (Å²) in [4.78, 5) is 13.7. The van der Waals surface area contributed by atoms with E-state index in [-0.39, 0.29) is 6.03 Å². The van der Waals surface area contributed by atoms with Gasteiger partial charge in [0.2, 0.25) is 0 Å². The fraction of sp³-hybridized carbons (Fsp3) is 0.500. The smallest absolute Gasteiger partial charge is 0.319 e. The first-order chi connectivity index (χ1) is 8.97. The molecule has 5 heteroatoms. The van der Waals surface area contributed by atoms with Crippen molar-refractivity contribution in [2.24, 2.45) is 0 Å². The molecular weight excluding hydrogens is 242 g/mol. The lowest BCUT2D eigenvalue weighted by atomic mass is 10.2. The predicted molar refractivity (Wildman–Crippen MR) is 77.2 cm³/mol. The topological polar surface area (TPSA) is 64.6 Å². The number of urea groups is 1. The summed E-state index contributed by atoms with van der Waals surface area (Å²) in [5.41, 5.74) is 1.92. The molecule has 0 spiro atoms. The number of hydrogen-bond acceptors (Lipinski definition) is 3. The van der Waals surface area contributed by atoms with Gasteiger partial charge in [-0.2, -0.15) is 0 Å². The normalized spacial score (nSPS) is 12.3. The van der Waals surface area contributed by atoms with E-state index in [0.29, 0.717) is 13.0 Å². The summed E-state index contributed by atoms with van der Waals surface area (Å²) in [6, 6.07) is 7.50. The zero-order chi connectivity index (χ0) is 14.3. The van der Waals surface area contributed by atoms with Gasteiger partial charge >= 0.3 is 6.03 Å². The summed E-state index contributed by atoms with van der Waals surface area (Å²) in [5, 5.41) is 14.6. The van der Waals surface area contributed by atoms with Crippen molar-refractivity contribution in [2.75, 3.05) is 26.0 Å². The van der Waals surface area contributed by atoms with Crippen molar-refractivity contribution in [1.82, 2.24) is 10.2 Å². The Morgan fingerprint density at radius 1 is 1.42 bits per heavy atom. The van der Waals surface area contributed by atoms with E-state index in [1.165, 1.54) is 0 Å². The zero-order valence-electron chi connectivity index (χ0n) is 11.8. The highest BCUT2D eigenvalue weighted by molar-refractivity contribution is 5.89. The second-order valence-electron chi connectivity index (χ2n) is 4.96. The summed E-state index contributed by atoms with van der Waals surface area (Å²) < 4.78 is 0. The van der Waals surface area contributed by atoms with Gasteiger partial charge < -0.3 is 20.6 Å². The van der Waals surface area contributed by atoms with Crippen LogP contribution in [0.15, 0.2) is 24.3 Å². The maximum absolute atomic E-state index is 11.6. The first-order valence-corrected chi connectivity index (χ1v) is 6.44. The van der Waals surface area contributed by atoms with Gasteiger partial charge in [0.25, 0.3) is 0 Å². The maximum Gasteiger partial charge on any atom is 0.319 e. The van der Waals surface area contributed by atoms with E-state index < -0.39 is 6.10 Å². The second kappa shape index (κ2) is 7.76. The number of amides is 2. The molecule has 0 aliphatic heterocycles. The number of rotatable bonds is 6. The average molecular weight is 265 g/mol. The Bertz CT molecular complexity index is 405. The Morgan fingerprint density at radius 3 is 2.79 bits per heavy atom. The van der Waals surface area contributed by atoms with E-state index in [1.807, 2.05) is 38.4 Å². The molecule has 5 nitrogen and oxygen atoms in total. The van der Waals surface area contributed by atoms with Gasteiger partial charge in [0.15, 0.2) is 0 Å². The molecule has 106 valence electrons. The second-order valence-corrected chi connectivity index (χ2v) is 4.96. The molecule has 0 radical (unpaired) electrons. The Kier molecular flexibility index (Phi) is 6.32. The summed E-state index contributed by atoms with van der Waals surface area (Å²) in [5.74, 6) is 0. The number of carbonyl (C=O) groups excluding carboxylic acids is 1. The molecule has 3 N–H and O–H groups in total. The van der Waals surface area contributed by atoms with E-state index in [0.717, 1.165) is 17.8 Å². The number of aliphatic hydroxyl groups is 1. The van der Waals surface area contributed by atoms with Crippen molar-refractivity contribution in [3.8, 4) is 0 Å². The molecule has 0 bridgehead atoms. The maximum atomic E-state index is 11.6. The number of benzene rings is 1. The van der Waals surface area contributed by atoms with Gasteiger partial charge in [-0.3, -0.25) is 0 Å². The highest BCUT2D eigenvalue weighted by atomic mass is 16.3. The Hall–Kier alpha value is -1.59. The van der Waals surface area contributed by atoms with E-state index >= 15 is 0 Å². The van der Waals surface area contributed by atoms with Crippen LogP contribution in [0.4, 0.5) is 10.5 Å². The number of nitrogens with zero attached hydrogens (tertiary/aromatic N) is 1. The summed E-state index contributed by atoms with van der Waals surface area (Å²) >= 11 is 0. The molecule has 0 aliphatic carbocycles. The van der Waals surface area contributed by atoms with Gasteiger partial charge in [-0.1, -0.05) is 12.1 Å². The standard InChI is InChI=1S/C14H23N3O2/c1-11(18)7-8-15-14(19)16-13-6-4-5-12(9-13)10-17(2)3/h4-6,9,11,18H,7-8,10H2,1-3H3,(H2,15,16,19). The highest BCUT2D eigenvalue weighted by Crippen LogP contribution is 2.11. The number of carbonyl (C=O) groups is 1. The molecule has 2 amide bonds. The van der Waals surface area contributed by atoms with E-state index in [2.05, 4.69) is 15.5 Å². The van der Waals surface area contributed by atoms with Crippen LogP contribution >= 0.6 is 0 Å². The lowest BCUT2D eigenvalue weighted by Crippen LogP contribution is -2.30. The minimum Gasteiger partial charge on any atom is -0.393 e. The number of hydrogen-bond donors (Lipinski definition) is 3. The van der Waals surface area contributed by atoms with Crippen molar-refractivity contribution >= 4 is 11.7 Å². The molecule has 0 heterocycles. The summed E-state index contributed by atoms with van der Waals surface area (Å²) in [7, 11) is 4.01. The van der Waals surface area contributed by atoms with E-state index in [9.17, 15) is 4.79 Å². The number of nitrogens with one attached hydrogen (secondary N) is 2. The monoisotopic (exact) mass is 265 g/mol. The van der Waals surface area contributed by atoms with Gasteiger partial charge in [0, 0.05) is 18.8 Å². The van der Waals surface area contributed by atoms with E-state index in [1.54, 1.807) is 6.92 Å². The largest absolute Gasteiger partial charge is 0.393 e. The van der Waals surface area contributed by atoms with Crippen LogP contribution in [0.2, 0.25) is 0 Å². The van der Waals surface area contributed by atoms with Crippen molar-refractivity contribution in [2.45, 2.75) is 26.0 Å². The van der Waals surface area contributed by atoms with Crippen LogP contribution in [-0.4, -0.2) is 42.8 Å². The number of anilines is 1. The minimum absolute atomic E-state index is 0.248. The Morgan fingerprint density at radius 2 is 2.16 bits per heavy atom. The van der Waals surface area contributed by atoms with Gasteiger partial charge in [-0.05, 0) is 45.1 Å². The van der Waals surface area contributed by atoms with Crippen LogP contribution in [-0.2, 0) is 6.54 Å². The average Bonchev–Trinajstić information content (AvgIpc) is 2.27. The quantitative estimate of drug-likeness (QED) is 0.732. The van der Waals surface area contributed by atoms with Crippen LogP contribution in [0.25, 0.3) is 0 Å². The van der Waals surface area contributed by atoms with Gasteiger partial charge in [-0.15, -0.1) is 0 Å². The lowest BCUT2D eigenvalue weighted by molar-refractivity contribution is 0.184. The first kappa shape index (κ1) is 15.5. The molecule has 1 atom stereocenters. The first-order valence-electron chi connectivity index (χ1n) is 6.44. The summed E-state index contributed by atoms with van der Waals surface area (Å²) in [6.45, 7) is 2.99. The lowest BCUT2D eigenvalue weighted by Gasteiger charge is -2.12. The van der Waals surface area contributed by atoms with Crippen LogP contribution in [0.1, 0.15) is 18.9 Å². The molecule has 1 rings (SSSR count). The van der Waals surface area contributed by atoms with Gasteiger partial charge in [0.05, 0.1) is 6.10 Å². The van der Waals surface area contributed by atoms with Crippen LogP contribution < -0.4 is 10.6 Å². The Labute approximate surface area is 114 Å². The molecule has 0 saturated heterocycles. The molecule has 0 saturated carbocycles. The molecule has 0 aliphatic rings. The molecule has 1 aromatic carbocycles. The van der Waals surface area contributed by atoms with Crippen molar-refractivity contribution in [1.29, 1.82) is 0 Å². The third-order valence-electron chi connectivity index (χ3n) is 2.53. The van der Waals surface area contributed by atoms with Crippen molar-refractivity contribution < 1.29 is 9.90 Å². The van der Waals surface area contributed by atoms with Gasteiger partial charge in [0.1, 0.15) is 0 Å². The molecular formula is C14H23N3O2. The van der Waals surface area contributed by atoms with Gasteiger partial charge in [-0.25, -0.2) is 4.79 Å². The Balaban J connectivity index is 2.45. The van der Waals surface area contributed by atoms with Crippen molar-refractivity contribution in [3.05, 3.63) is 29.8 Å². The molecule has 1 aromatic rings. The van der Waals surface area contributed by atoms with Crippen molar-refractivity contribution in [3.63, 3.8) is 0 Å². The number of aliphatic hydroxyl groups excluding tert-OH is 1. The zero-order valence-corrected chi connectivity index (χ0v) is 11.8. The molecule has 0 fully saturated rings. The highest BCUT2D eigenvalue weighted by Gasteiger charge is 2.03. The molecule has 1 unspecified atom stereocenters. The molecule has 0 aromatic heterocycles. The van der Waals surface area contributed by atoms with Crippen LogP contribution in [0.5, 0.6) is 0 Å². The fourth-order valence-electron chi connectivity index (χ4n) is 1.68. The van der Waals surface area contributed by atoms with Crippen LogP contribution in [0, 0.1) is 0 Å². The molecule has 19 heavy (non-hydrogen) atoms. The third-order valence-corrected chi connectivity index (χ3v) is 2.53. The minimum atomic E-state index is -0.399. The van der Waals surface area contributed by atoms with E-state index in [4.69, 9.17) is 5.11 Å².